The predicted molar refractivity (Wildman–Crippen MR) is 61.4 cm³/mol. The molecule has 1 aliphatic carbocycles. The molecule has 0 aliphatic heterocycles. The summed E-state index contributed by atoms with van der Waals surface area (Å²) in [6, 6.07) is 3.53. The van der Waals surface area contributed by atoms with Crippen molar-refractivity contribution in [1.82, 2.24) is 0 Å². The number of hydrogen-bond acceptors (Lipinski definition) is 1. The summed E-state index contributed by atoms with van der Waals surface area (Å²) in [6.45, 7) is 0.750. The first-order valence-corrected chi connectivity index (χ1v) is 5.94. The Morgan fingerprint density at radius 2 is 1.88 bits per heavy atom. The van der Waals surface area contributed by atoms with E-state index in [0.717, 1.165) is 12.6 Å². The molecule has 0 unspecified atom stereocenters. The van der Waals surface area contributed by atoms with Gasteiger partial charge in [0.1, 0.15) is 11.6 Å². The van der Waals surface area contributed by atoms with Crippen molar-refractivity contribution in [2.24, 2.45) is 5.92 Å². The zero-order valence-electron chi connectivity index (χ0n) is 9.31. The van der Waals surface area contributed by atoms with Crippen LogP contribution in [0.4, 0.5) is 14.5 Å². The molecule has 88 valence electrons. The molecule has 0 atom stereocenters. The molecule has 1 nitrogen and oxygen atoms in total. The highest BCUT2D eigenvalue weighted by atomic mass is 19.1. The first kappa shape index (κ1) is 11.4. The fourth-order valence-corrected chi connectivity index (χ4v) is 2.28. The fraction of sp³-hybridized carbons (Fsp3) is 0.538. The maximum Gasteiger partial charge on any atom is 0.146 e. The normalized spacial score (nSPS) is 17.4. The van der Waals surface area contributed by atoms with Gasteiger partial charge in [-0.1, -0.05) is 19.3 Å². The van der Waals surface area contributed by atoms with Gasteiger partial charge in [-0.25, -0.2) is 8.78 Å². The van der Waals surface area contributed by atoms with Crippen LogP contribution >= 0.6 is 0 Å². The van der Waals surface area contributed by atoms with Gasteiger partial charge in [0.25, 0.3) is 0 Å². The standard InChI is InChI=1S/C13H17F2N/c14-11-6-7-12(15)13(8-11)16-9-10-4-2-1-3-5-10/h6-8,10,16H,1-5,9H2. The van der Waals surface area contributed by atoms with E-state index >= 15 is 0 Å². The van der Waals surface area contributed by atoms with Crippen LogP contribution in [0.25, 0.3) is 0 Å². The van der Waals surface area contributed by atoms with Gasteiger partial charge in [0.2, 0.25) is 0 Å². The largest absolute Gasteiger partial charge is 0.382 e. The smallest absolute Gasteiger partial charge is 0.146 e. The van der Waals surface area contributed by atoms with Crippen molar-refractivity contribution in [3.05, 3.63) is 29.8 Å². The van der Waals surface area contributed by atoms with Gasteiger partial charge < -0.3 is 5.32 Å². The van der Waals surface area contributed by atoms with Gasteiger partial charge >= 0.3 is 0 Å². The topological polar surface area (TPSA) is 12.0 Å². The summed E-state index contributed by atoms with van der Waals surface area (Å²) in [5, 5.41) is 3.01. The van der Waals surface area contributed by atoms with E-state index in [2.05, 4.69) is 5.32 Å². The molecule has 1 N–H and O–H groups in total. The highest BCUT2D eigenvalue weighted by Gasteiger charge is 2.13. The molecule has 0 aromatic heterocycles. The summed E-state index contributed by atoms with van der Waals surface area (Å²) in [5.74, 6) is -0.166. The predicted octanol–water partition coefficient (Wildman–Crippen LogP) is 3.96. The maximum atomic E-state index is 13.3. The average Bonchev–Trinajstić information content (AvgIpc) is 2.32. The molecule has 16 heavy (non-hydrogen) atoms. The van der Waals surface area contributed by atoms with Crippen molar-refractivity contribution in [2.45, 2.75) is 32.1 Å². The van der Waals surface area contributed by atoms with E-state index < -0.39 is 5.82 Å². The van der Waals surface area contributed by atoms with Crippen molar-refractivity contribution < 1.29 is 8.78 Å². The lowest BCUT2D eigenvalue weighted by molar-refractivity contribution is 0.373. The van der Waals surface area contributed by atoms with Crippen LogP contribution in [0.5, 0.6) is 0 Å². The zero-order chi connectivity index (χ0) is 11.4. The SMILES string of the molecule is Fc1ccc(F)c(NCC2CCCCC2)c1. The second-order valence-corrected chi connectivity index (χ2v) is 4.51. The Kier molecular flexibility index (Phi) is 3.75. The van der Waals surface area contributed by atoms with Crippen LogP contribution in [-0.2, 0) is 0 Å². The molecular formula is C13H17F2N. The monoisotopic (exact) mass is 225 g/mol. The van der Waals surface area contributed by atoms with Crippen LogP contribution in [0.3, 0.4) is 0 Å². The zero-order valence-corrected chi connectivity index (χ0v) is 9.31. The molecule has 0 bridgehead atoms. The third-order valence-electron chi connectivity index (χ3n) is 3.23. The van der Waals surface area contributed by atoms with Gasteiger partial charge in [0, 0.05) is 6.54 Å². The molecule has 1 fully saturated rings. The average molecular weight is 225 g/mol. The van der Waals surface area contributed by atoms with E-state index in [4.69, 9.17) is 0 Å². The number of halogens is 2. The van der Waals surface area contributed by atoms with E-state index in [-0.39, 0.29) is 11.5 Å². The molecule has 1 aliphatic rings. The Hall–Kier alpha value is -1.12. The maximum absolute atomic E-state index is 13.3. The van der Waals surface area contributed by atoms with E-state index in [1.165, 1.54) is 44.2 Å². The minimum absolute atomic E-state index is 0.283. The Bertz CT molecular complexity index is 346. The summed E-state index contributed by atoms with van der Waals surface area (Å²) < 4.78 is 26.2. The van der Waals surface area contributed by atoms with E-state index in [9.17, 15) is 8.78 Å². The second kappa shape index (κ2) is 5.28. The molecule has 2 rings (SSSR count). The third-order valence-corrected chi connectivity index (χ3v) is 3.23. The van der Waals surface area contributed by atoms with Crippen molar-refractivity contribution >= 4 is 5.69 Å². The van der Waals surface area contributed by atoms with Crippen molar-refractivity contribution in [1.29, 1.82) is 0 Å². The summed E-state index contributed by atoms with van der Waals surface area (Å²) in [5.41, 5.74) is 0.283. The fourth-order valence-electron chi connectivity index (χ4n) is 2.28. The molecule has 0 spiro atoms. The van der Waals surface area contributed by atoms with Gasteiger partial charge in [-0.3, -0.25) is 0 Å². The number of hydrogen-bond donors (Lipinski definition) is 1. The number of rotatable bonds is 3. The van der Waals surface area contributed by atoms with Crippen molar-refractivity contribution in [3.8, 4) is 0 Å². The minimum atomic E-state index is -0.396. The van der Waals surface area contributed by atoms with Gasteiger partial charge in [0.15, 0.2) is 0 Å². The van der Waals surface area contributed by atoms with Crippen LogP contribution in [0.15, 0.2) is 18.2 Å². The highest BCUT2D eigenvalue weighted by Crippen LogP contribution is 2.24. The number of nitrogens with one attached hydrogen (secondary N) is 1. The number of anilines is 1. The van der Waals surface area contributed by atoms with Crippen LogP contribution in [0, 0.1) is 17.6 Å². The minimum Gasteiger partial charge on any atom is -0.382 e. The lowest BCUT2D eigenvalue weighted by Crippen LogP contribution is -2.17. The molecule has 1 aromatic rings. The lowest BCUT2D eigenvalue weighted by atomic mass is 9.89. The van der Waals surface area contributed by atoms with Gasteiger partial charge in [-0.05, 0) is 37.0 Å². The third kappa shape index (κ3) is 2.94. The molecule has 0 heterocycles. The van der Waals surface area contributed by atoms with Gasteiger partial charge in [-0.2, -0.15) is 0 Å². The summed E-state index contributed by atoms with van der Waals surface area (Å²) >= 11 is 0. The van der Waals surface area contributed by atoms with E-state index in [1.54, 1.807) is 0 Å². The molecule has 1 aromatic carbocycles. The molecule has 0 amide bonds. The van der Waals surface area contributed by atoms with Crippen LogP contribution < -0.4 is 5.32 Å². The van der Waals surface area contributed by atoms with Crippen molar-refractivity contribution in [3.63, 3.8) is 0 Å². The van der Waals surface area contributed by atoms with Gasteiger partial charge in [-0.15, -0.1) is 0 Å². The van der Waals surface area contributed by atoms with Crippen LogP contribution in [-0.4, -0.2) is 6.54 Å². The van der Waals surface area contributed by atoms with Crippen LogP contribution in [0.2, 0.25) is 0 Å². The summed E-state index contributed by atoms with van der Waals surface area (Å²) in [6.07, 6.45) is 6.23. The summed E-state index contributed by atoms with van der Waals surface area (Å²) in [7, 11) is 0. The summed E-state index contributed by atoms with van der Waals surface area (Å²) in [4.78, 5) is 0. The van der Waals surface area contributed by atoms with Gasteiger partial charge in [0.05, 0.1) is 5.69 Å². The van der Waals surface area contributed by atoms with E-state index in [0.29, 0.717) is 5.92 Å². The quantitative estimate of drug-likeness (QED) is 0.821. The first-order valence-electron chi connectivity index (χ1n) is 5.94. The Morgan fingerprint density at radius 1 is 1.12 bits per heavy atom. The van der Waals surface area contributed by atoms with Crippen molar-refractivity contribution in [2.75, 3.05) is 11.9 Å². The molecule has 3 heteroatoms. The van der Waals surface area contributed by atoms with E-state index in [1.807, 2.05) is 0 Å². The lowest BCUT2D eigenvalue weighted by Gasteiger charge is -2.22. The molecule has 1 saturated carbocycles. The Labute approximate surface area is 94.9 Å². The first-order chi connectivity index (χ1) is 7.75. The highest BCUT2D eigenvalue weighted by molar-refractivity contribution is 5.44. The molecular weight excluding hydrogens is 208 g/mol. The van der Waals surface area contributed by atoms with Crippen LogP contribution in [0.1, 0.15) is 32.1 Å². The Balaban J connectivity index is 1.90. The number of benzene rings is 1. The molecule has 0 radical (unpaired) electrons. The Morgan fingerprint density at radius 3 is 2.62 bits per heavy atom. The molecule has 0 saturated heterocycles. The second-order valence-electron chi connectivity index (χ2n) is 4.51.